The number of hydrogen-bond acceptors (Lipinski definition) is 3. The highest BCUT2D eigenvalue weighted by molar-refractivity contribution is 5.97. The van der Waals surface area contributed by atoms with Gasteiger partial charge in [-0.3, -0.25) is 9.59 Å². The number of likely N-dealkylation sites (N-methyl/N-ethyl adjacent to an activating group) is 2. The molecule has 1 rings (SSSR count). The van der Waals surface area contributed by atoms with Crippen LogP contribution in [0.1, 0.15) is 29.8 Å². The quantitative estimate of drug-likeness (QED) is 0.795. The predicted molar refractivity (Wildman–Crippen MR) is 96.1 cm³/mol. The summed E-state index contributed by atoms with van der Waals surface area (Å²) >= 11 is 0. The lowest BCUT2D eigenvalue weighted by atomic mass is 10.0. The molecule has 0 aliphatic rings. The number of nitrogens with zero attached hydrogens (tertiary/aromatic N) is 1. The molecule has 2 N–H and O–H groups in total. The number of halogens is 1. The van der Waals surface area contributed by atoms with Crippen LogP contribution in [0.25, 0.3) is 0 Å². The van der Waals surface area contributed by atoms with Gasteiger partial charge in [-0.15, -0.1) is 12.4 Å². The largest absolute Gasteiger partial charge is 0.343 e. The number of hydrogen-bond donors (Lipinski definition) is 2. The van der Waals surface area contributed by atoms with Crippen molar-refractivity contribution < 1.29 is 9.59 Å². The minimum absolute atomic E-state index is 0. The Morgan fingerprint density at radius 2 is 1.74 bits per heavy atom. The number of amides is 2. The maximum Gasteiger partial charge on any atom is 0.251 e. The minimum Gasteiger partial charge on any atom is -0.343 e. The second-order valence-electron chi connectivity index (χ2n) is 5.92. The van der Waals surface area contributed by atoms with Crippen molar-refractivity contribution in [3.8, 4) is 0 Å². The predicted octanol–water partition coefficient (Wildman–Crippen LogP) is 1.85. The van der Waals surface area contributed by atoms with Crippen molar-refractivity contribution >= 4 is 24.2 Å². The van der Waals surface area contributed by atoms with Crippen LogP contribution in [0.5, 0.6) is 0 Å². The van der Waals surface area contributed by atoms with Crippen molar-refractivity contribution in [2.75, 3.05) is 27.2 Å². The molecular formula is C17H28ClN3O2. The number of carbonyl (C=O) groups is 2. The number of aryl methyl sites for hydroxylation is 1. The van der Waals surface area contributed by atoms with Crippen molar-refractivity contribution in [2.24, 2.45) is 5.92 Å². The zero-order valence-corrected chi connectivity index (χ0v) is 15.4. The molecule has 130 valence electrons. The summed E-state index contributed by atoms with van der Waals surface area (Å²) in [5.41, 5.74) is 1.67. The third kappa shape index (κ3) is 6.59. The monoisotopic (exact) mass is 341 g/mol. The summed E-state index contributed by atoms with van der Waals surface area (Å²) in [5, 5.41) is 5.87. The summed E-state index contributed by atoms with van der Waals surface area (Å²) in [6.45, 7) is 7.17. The van der Waals surface area contributed by atoms with Gasteiger partial charge >= 0.3 is 0 Å². The number of carbonyl (C=O) groups excluding carboxylic acids is 2. The maximum atomic E-state index is 12.5. The Kier molecular flexibility index (Phi) is 9.53. The normalized spacial score (nSPS) is 11.6. The molecule has 0 aliphatic carbocycles. The lowest BCUT2D eigenvalue weighted by Gasteiger charge is -2.27. The molecule has 2 amide bonds. The van der Waals surface area contributed by atoms with Crippen LogP contribution in [-0.4, -0.2) is 49.9 Å². The first-order valence-electron chi connectivity index (χ1n) is 7.64. The number of rotatable bonds is 7. The topological polar surface area (TPSA) is 61.4 Å². The zero-order chi connectivity index (χ0) is 16.7. The van der Waals surface area contributed by atoms with Gasteiger partial charge in [-0.2, -0.15) is 0 Å². The molecule has 0 saturated heterocycles. The Hall–Kier alpha value is -1.59. The van der Waals surface area contributed by atoms with Crippen molar-refractivity contribution in [1.82, 2.24) is 15.5 Å². The molecule has 0 aromatic heterocycles. The van der Waals surface area contributed by atoms with E-state index < -0.39 is 6.04 Å². The Labute approximate surface area is 145 Å². The SMILES string of the molecule is CNCCN(C)C(=O)C(NC(=O)c1ccc(C)cc1)C(C)C.Cl. The molecule has 0 fully saturated rings. The fourth-order valence-electron chi connectivity index (χ4n) is 2.07. The fourth-order valence-corrected chi connectivity index (χ4v) is 2.07. The Bertz CT molecular complexity index is 503. The third-order valence-corrected chi connectivity index (χ3v) is 3.61. The van der Waals surface area contributed by atoms with E-state index in [9.17, 15) is 9.59 Å². The molecule has 1 aromatic carbocycles. The van der Waals surface area contributed by atoms with Crippen LogP contribution in [0.2, 0.25) is 0 Å². The van der Waals surface area contributed by atoms with E-state index >= 15 is 0 Å². The summed E-state index contributed by atoms with van der Waals surface area (Å²) in [5.74, 6) is -0.251. The third-order valence-electron chi connectivity index (χ3n) is 3.61. The second kappa shape index (κ2) is 10.2. The maximum absolute atomic E-state index is 12.5. The van der Waals surface area contributed by atoms with E-state index in [4.69, 9.17) is 0 Å². The van der Waals surface area contributed by atoms with Crippen LogP contribution in [0.15, 0.2) is 24.3 Å². The molecule has 0 radical (unpaired) electrons. The van der Waals surface area contributed by atoms with Crippen LogP contribution in [0.4, 0.5) is 0 Å². The van der Waals surface area contributed by atoms with E-state index in [2.05, 4.69) is 10.6 Å². The van der Waals surface area contributed by atoms with Crippen molar-refractivity contribution in [3.05, 3.63) is 35.4 Å². The smallest absolute Gasteiger partial charge is 0.251 e. The van der Waals surface area contributed by atoms with Crippen LogP contribution in [0, 0.1) is 12.8 Å². The summed E-state index contributed by atoms with van der Waals surface area (Å²) in [4.78, 5) is 26.5. The van der Waals surface area contributed by atoms with Gasteiger partial charge in [-0.25, -0.2) is 0 Å². The number of nitrogens with one attached hydrogen (secondary N) is 2. The molecule has 23 heavy (non-hydrogen) atoms. The van der Waals surface area contributed by atoms with Gasteiger partial charge in [0.1, 0.15) is 6.04 Å². The molecule has 1 atom stereocenters. The lowest BCUT2D eigenvalue weighted by Crippen LogP contribution is -2.51. The van der Waals surface area contributed by atoms with Crippen LogP contribution < -0.4 is 10.6 Å². The Balaban J connectivity index is 0.00000484. The van der Waals surface area contributed by atoms with Gasteiger partial charge in [0, 0.05) is 25.7 Å². The molecule has 1 aromatic rings. The van der Waals surface area contributed by atoms with Crippen LogP contribution in [0.3, 0.4) is 0 Å². The van der Waals surface area contributed by atoms with E-state index in [-0.39, 0.29) is 30.1 Å². The average Bonchev–Trinajstić information content (AvgIpc) is 2.49. The zero-order valence-electron chi connectivity index (χ0n) is 14.6. The summed E-state index contributed by atoms with van der Waals surface area (Å²) in [7, 11) is 3.60. The van der Waals surface area contributed by atoms with Gasteiger partial charge in [-0.1, -0.05) is 31.5 Å². The first-order chi connectivity index (χ1) is 10.4. The van der Waals surface area contributed by atoms with Crippen molar-refractivity contribution in [2.45, 2.75) is 26.8 Å². The average molecular weight is 342 g/mol. The number of benzene rings is 1. The highest BCUT2D eigenvalue weighted by Gasteiger charge is 2.27. The summed E-state index contributed by atoms with van der Waals surface area (Å²) < 4.78 is 0. The van der Waals surface area contributed by atoms with Crippen molar-refractivity contribution in [1.29, 1.82) is 0 Å². The highest BCUT2D eigenvalue weighted by atomic mass is 35.5. The molecule has 5 nitrogen and oxygen atoms in total. The molecule has 6 heteroatoms. The van der Waals surface area contributed by atoms with Gasteiger partial charge in [0.2, 0.25) is 5.91 Å². The first kappa shape index (κ1) is 21.4. The van der Waals surface area contributed by atoms with Crippen LogP contribution >= 0.6 is 12.4 Å². The fraction of sp³-hybridized carbons (Fsp3) is 0.529. The van der Waals surface area contributed by atoms with Gasteiger partial charge < -0.3 is 15.5 Å². The van der Waals surface area contributed by atoms with Crippen molar-refractivity contribution in [3.63, 3.8) is 0 Å². The Morgan fingerprint density at radius 1 is 1.17 bits per heavy atom. The van der Waals surface area contributed by atoms with E-state index in [1.807, 2.05) is 40.0 Å². The van der Waals surface area contributed by atoms with Gasteiger partial charge in [0.05, 0.1) is 0 Å². The van der Waals surface area contributed by atoms with Gasteiger partial charge in [0.25, 0.3) is 5.91 Å². The van der Waals surface area contributed by atoms with Gasteiger partial charge in [-0.05, 0) is 32.0 Å². The first-order valence-corrected chi connectivity index (χ1v) is 7.64. The lowest BCUT2D eigenvalue weighted by molar-refractivity contribution is -0.132. The highest BCUT2D eigenvalue weighted by Crippen LogP contribution is 2.08. The second-order valence-corrected chi connectivity index (χ2v) is 5.92. The molecular weight excluding hydrogens is 314 g/mol. The standard InChI is InChI=1S/C17H27N3O2.ClH/c1-12(2)15(17(22)20(5)11-10-18-4)19-16(21)14-8-6-13(3)7-9-14;/h6-9,12,15,18H,10-11H2,1-5H3,(H,19,21);1H. The molecule has 0 heterocycles. The van der Waals surface area contributed by atoms with E-state index in [0.717, 1.165) is 12.1 Å². The molecule has 0 aliphatic heterocycles. The van der Waals surface area contributed by atoms with Gasteiger partial charge in [0.15, 0.2) is 0 Å². The van der Waals surface area contributed by atoms with E-state index in [1.165, 1.54) is 0 Å². The Morgan fingerprint density at radius 3 is 2.22 bits per heavy atom. The summed E-state index contributed by atoms with van der Waals surface area (Å²) in [6, 6.07) is 6.81. The summed E-state index contributed by atoms with van der Waals surface area (Å²) in [6.07, 6.45) is 0. The molecule has 0 spiro atoms. The molecule has 0 bridgehead atoms. The van der Waals surface area contributed by atoms with E-state index in [1.54, 1.807) is 24.1 Å². The molecule has 0 saturated carbocycles. The van der Waals surface area contributed by atoms with E-state index in [0.29, 0.717) is 12.1 Å². The molecule has 1 unspecified atom stereocenters. The minimum atomic E-state index is -0.518. The van der Waals surface area contributed by atoms with Crippen LogP contribution in [-0.2, 0) is 4.79 Å².